The number of nitrogens with one attached hydrogen (secondary N) is 1. The van der Waals surface area contributed by atoms with Crippen molar-refractivity contribution in [3.63, 3.8) is 0 Å². The van der Waals surface area contributed by atoms with Crippen molar-refractivity contribution in [1.29, 1.82) is 0 Å². The van der Waals surface area contributed by atoms with Gasteiger partial charge in [0.1, 0.15) is 11.5 Å². The molecule has 0 saturated carbocycles. The minimum Gasteiger partial charge on any atom is -0.496 e. The van der Waals surface area contributed by atoms with Gasteiger partial charge < -0.3 is 14.8 Å². The number of ether oxygens (including phenoxy) is 2. The first-order valence-electron chi connectivity index (χ1n) is 8.66. The molecule has 0 aliphatic heterocycles. The molecular formula is C22H24N2O2. The van der Waals surface area contributed by atoms with Crippen LogP contribution in [-0.2, 0) is 6.54 Å². The largest absolute Gasteiger partial charge is 0.496 e. The Labute approximate surface area is 154 Å². The first-order chi connectivity index (χ1) is 12.7. The summed E-state index contributed by atoms with van der Waals surface area (Å²) in [5.74, 6) is 1.55. The van der Waals surface area contributed by atoms with Gasteiger partial charge in [-0.2, -0.15) is 0 Å². The summed E-state index contributed by atoms with van der Waals surface area (Å²) in [4.78, 5) is 4.25. The van der Waals surface area contributed by atoms with Crippen LogP contribution >= 0.6 is 0 Å². The lowest BCUT2D eigenvalue weighted by molar-refractivity contribution is 0.412. The molecule has 134 valence electrons. The van der Waals surface area contributed by atoms with E-state index in [-0.39, 0.29) is 6.04 Å². The maximum Gasteiger partial charge on any atom is 0.137 e. The SMILES string of the molecule is COc1cncc(-c2cc(CN[C@H](C)c3ccccc3)ccc2OC)c1. The average molecular weight is 348 g/mol. The first-order valence-corrected chi connectivity index (χ1v) is 8.66. The molecule has 0 fully saturated rings. The highest BCUT2D eigenvalue weighted by molar-refractivity contribution is 5.71. The highest BCUT2D eigenvalue weighted by Gasteiger charge is 2.10. The Kier molecular flexibility index (Phi) is 5.87. The van der Waals surface area contributed by atoms with Crippen molar-refractivity contribution in [3.8, 4) is 22.6 Å². The van der Waals surface area contributed by atoms with Gasteiger partial charge in [-0.25, -0.2) is 0 Å². The highest BCUT2D eigenvalue weighted by Crippen LogP contribution is 2.32. The van der Waals surface area contributed by atoms with E-state index in [1.807, 2.05) is 24.4 Å². The van der Waals surface area contributed by atoms with Crippen LogP contribution < -0.4 is 14.8 Å². The number of nitrogens with zero attached hydrogens (tertiary/aromatic N) is 1. The van der Waals surface area contributed by atoms with Gasteiger partial charge in [-0.15, -0.1) is 0 Å². The lowest BCUT2D eigenvalue weighted by Crippen LogP contribution is -2.18. The smallest absolute Gasteiger partial charge is 0.137 e. The van der Waals surface area contributed by atoms with Crippen molar-refractivity contribution in [2.45, 2.75) is 19.5 Å². The second kappa shape index (κ2) is 8.50. The first kappa shape index (κ1) is 18.0. The minimum atomic E-state index is 0.278. The van der Waals surface area contributed by atoms with Crippen LogP contribution in [0.2, 0.25) is 0 Å². The fraction of sp³-hybridized carbons (Fsp3) is 0.227. The number of rotatable bonds is 7. The predicted octanol–water partition coefficient (Wildman–Crippen LogP) is 4.62. The zero-order chi connectivity index (χ0) is 18.4. The summed E-state index contributed by atoms with van der Waals surface area (Å²) in [6, 6.07) is 18.9. The van der Waals surface area contributed by atoms with E-state index < -0.39 is 0 Å². The van der Waals surface area contributed by atoms with E-state index in [1.54, 1.807) is 20.4 Å². The van der Waals surface area contributed by atoms with Crippen LogP contribution in [0, 0.1) is 0 Å². The van der Waals surface area contributed by atoms with E-state index in [0.29, 0.717) is 0 Å². The lowest BCUT2D eigenvalue weighted by Gasteiger charge is -2.16. The molecule has 3 rings (SSSR count). The molecule has 0 spiro atoms. The fourth-order valence-corrected chi connectivity index (χ4v) is 2.90. The average Bonchev–Trinajstić information content (AvgIpc) is 2.72. The van der Waals surface area contributed by atoms with Gasteiger partial charge >= 0.3 is 0 Å². The third-order valence-electron chi connectivity index (χ3n) is 4.44. The van der Waals surface area contributed by atoms with E-state index in [2.05, 4.69) is 53.6 Å². The Morgan fingerprint density at radius 2 is 1.77 bits per heavy atom. The van der Waals surface area contributed by atoms with Gasteiger partial charge in [-0.1, -0.05) is 36.4 Å². The van der Waals surface area contributed by atoms with E-state index in [1.165, 1.54) is 11.1 Å². The third-order valence-corrected chi connectivity index (χ3v) is 4.44. The molecule has 3 aromatic rings. The van der Waals surface area contributed by atoms with Crippen molar-refractivity contribution >= 4 is 0 Å². The van der Waals surface area contributed by atoms with Crippen LogP contribution in [0.1, 0.15) is 24.1 Å². The molecule has 0 saturated heterocycles. The number of hydrogen-bond donors (Lipinski definition) is 1. The van der Waals surface area contributed by atoms with Gasteiger partial charge in [0, 0.05) is 29.9 Å². The molecule has 26 heavy (non-hydrogen) atoms. The van der Waals surface area contributed by atoms with Crippen LogP contribution in [0.4, 0.5) is 0 Å². The number of aromatic nitrogens is 1. The predicted molar refractivity (Wildman–Crippen MR) is 104 cm³/mol. The third kappa shape index (κ3) is 4.21. The van der Waals surface area contributed by atoms with E-state index in [0.717, 1.165) is 29.2 Å². The normalized spacial score (nSPS) is 11.8. The van der Waals surface area contributed by atoms with Crippen molar-refractivity contribution in [2.24, 2.45) is 0 Å². The van der Waals surface area contributed by atoms with Crippen LogP contribution in [0.5, 0.6) is 11.5 Å². The Bertz CT molecular complexity index is 850. The maximum absolute atomic E-state index is 5.53. The van der Waals surface area contributed by atoms with Crippen molar-refractivity contribution < 1.29 is 9.47 Å². The van der Waals surface area contributed by atoms with Gasteiger partial charge in [-0.05, 0) is 36.2 Å². The van der Waals surface area contributed by atoms with Gasteiger partial charge in [-0.3, -0.25) is 4.98 Å². The van der Waals surface area contributed by atoms with Crippen molar-refractivity contribution in [2.75, 3.05) is 14.2 Å². The molecule has 0 aliphatic rings. The summed E-state index contributed by atoms with van der Waals surface area (Å²) in [5, 5.41) is 3.57. The minimum absolute atomic E-state index is 0.278. The molecule has 4 heteroatoms. The Hall–Kier alpha value is -2.85. The summed E-state index contributed by atoms with van der Waals surface area (Å²) < 4.78 is 10.8. The Morgan fingerprint density at radius 1 is 0.962 bits per heavy atom. The molecule has 0 unspecified atom stereocenters. The standard InChI is InChI=1S/C22H24N2O2/c1-16(18-7-5-4-6-8-18)24-13-17-9-10-22(26-3)21(11-17)19-12-20(25-2)15-23-14-19/h4-12,14-16,24H,13H2,1-3H3/t16-/m1/s1. The van der Waals surface area contributed by atoms with Crippen LogP contribution in [0.25, 0.3) is 11.1 Å². The van der Waals surface area contributed by atoms with Gasteiger partial charge in [0.2, 0.25) is 0 Å². The summed E-state index contributed by atoms with van der Waals surface area (Å²) in [7, 11) is 3.32. The molecule has 4 nitrogen and oxygen atoms in total. The summed E-state index contributed by atoms with van der Waals surface area (Å²) in [6.07, 6.45) is 3.52. The second-order valence-electron chi connectivity index (χ2n) is 6.16. The molecule has 1 heterocycles. The molecule has 1 atom stereocenters. The summed E-state index contributed by atoms with van der Waals surface area (Å²) in [5.41, 5.74) is 4.44. The molecule has 2 aromatic carbocycles. The molecule has 0 aliphatic carbocycles. The van der Waals surface area contributed by atoms with Crippen LogP contribution in [-0.4, -0.2) is 19.2 Å². The molecule has 1 aromatic heterocycles. The molecule has 0 radical (unpaired) electrons. The molecule has 0 amide bonds. The highest BCUT2D eigenvalue weighted by atomic mass is 16.5. The number of benzene rings is 2. The van der Waals surface area contributed by atoms with Crippen molar-refractivity contribution in [3.05, 3.63) is 78.1 Å². The number of pyridine rings is 1. The maximum atomic E-state index is 5.53. The lowest BCUT2D eigenvalue weighted by atomic mass is 10.0. The quantitative estimate of drug-likeness (QED) is 0.677. The summed E-state index contributed by atoms with van der Waals surface area (Å²) in [6.45, 7) is 2.94. The zero-order valence-corrected chi connectivity index (χ0v) is 15.4. The zero-order valence-electron chi connectivity index (χ0n) is 15.4. The Balaban J connectivity index is 1.81. The van der Waals surface area contributed by atoms with Gasteiger partial charge in [0.05, 0.1) is 20.4 Å². The summed E-state index contributed by atoms with van der Waals surface area (Å²) >= 11 is 0. The van der Waals surface area contributed by atoms with E-state index in [4.69, 9.17) is 9.47 Å². The van der Waals surface area contributed by atoms with Crippen LogP contribution in [0.15, 0.2) is 67.0 Å². The topological polar surface area (TPSA) is 43.4 Å². The number of methoxy groups -OCH3 is 2. The van der Waals surface area contributed by atoms with E-state index >= 15 is 0 Å². The van der Waals surface area contributed by atoms with Gasteiger partial charge in [0.15, 0.2) is 0 Å². The molecule has 1 N–H and O–H groups in total. The van der Waals surface area contributed by atoms with Gasteiger partial charge in [0.25, 0.3) is 0 Å². The fourth-order valence-electron chi connectivity index (χ4n) is 2.90. The molecule has 0 bridgehead atoms. The van der Waals surface area contributed by atoms with E-state index in [9.17, 15) is 0 Å². The Morgan fingerprint density at radius 3 is 2.50 bits per heavy atom. The van der Waals surface area contributed by atoms with Crippen molar-refractivity contribution in [1.82, 2.24) is 10.3 Å². The second-order valence-corrected chi connectivity index (χ2v) is 6.16. The number of hydrogen-bond acceptors (Lipinski definition) is 4. The van der Waals surface area contributed by atoms with Crippen LogP contribution in [0.3, 0.4) is 0 Å². The monoisotopic (exact) mass is 348 g/mol. The molecular weight excluding hydrogens is 324 g/mol.